The smallest absolute Gasteiger partial charge is 0.0323 e. The van der Waals surface area contributed by atoms with Crippen molar-refractivity contribution in [2.75, 3.05) is 6.54 Å². The molecule has 0 fully saturated rings. The average molecular weight is 206 g/mol. The van der Waals surface area contributed by atoms with E-state index in [1.54, 1.807) is 0 Å². The van der Waals surface area contributed by atoms with Crippen LogP contribution in [-0.4, -0.2) is 6.54 Å². The van der Waals surface area contributed by atoms with Crippen LogP contribution in [-0.2, 0) is 0 Å². The van der Waals surface area contributed by atoms with Gasteiger partial charge in [0, 0.05) is 6.04 Å². The van der Waals surface area contributed by atoms with E-state index in [1.165, 1.54) is 16.7 Å². The summed E-state index contributed by atoms with van der Waals surface area (Å²) < 4.78 is 0. The topological polar surface area (TPSA) is 52.0 Å². The second kappa shape index (κ2) is 5.29. The van der Waals surface area contributed by atoms with Crippen LogP contribution in [0.4, 0.5) is 0 Å². The highest BCUT2D eigenvalue weighted by molar-refractivity contribution is 5.32. The average Bonchev–Trinajstić information content (AvgIpc) is 2.17. The summed E-state index contributed by atoms with van der Waals surface area (Å²) in [6.45, 7) is 7.10. The van der Waals surface area contributed by atoms with Crippen molar-refractivity contribution in [3.8, 4) is 0 Å². The molecule has 0 saturated carbocycles. The molecule has 4 N–H and O–H groups in total. The Balaban J connectivity index is 2.86. The van der Waals surface area contributed by atoms with Gasteiger partial charge in [0.25, 0.3) is 0 Å². The molecule has 2 nitrogen and oxygen atoms in total. The number of rotatable bonds is 4. The highest BCUT2D eigenvalue weighted by atomic mass is 14.7. The Morgan fingerprint density at radius 2 is 1.93 bits per heavy atom. The lowest BCUT2D eigenvalue weighted by molar-refractivity contribution is 0.443. The predicted octanol–water partition coefficient (Wildman–Crippen LogP) is 2.29. The Kier molecular flexibility index (Phi) is 4.30. The van der Waals surface area contributed by atoms with Crippen LogP contribution in [0.2, 0.25) is 0 Å². The van der Waals surface area contributed by atoms with Gasteiger partial charge in [-0.15, -0.1) is 0 Å². The zero-order valence-corrected chi connectivity index (χ0v) is 9.96. The van der Waals surface area contributed by atoms with Gasteiger partial charge in [0.1, 0.15) is 0 Å². The van der Waals surface area contributed by atoms with Crippen LogP contribution in [0, 0.1) is 19.8 Å². The van der Waals surface area contributed by atoms with Gasteiger partial charge in [-0.3, -0.25) is 0 Å². The lowest BCUT2D eigenvalue weighted by Crippen LogP contribution is -2.22. The van der Waals surface area contributed by atoms with E-state index in [0.717, 1.165) is 6.42 Å². The third kappa shape index (κ3) is 3.05. The molecule has 2 unspecified atom stereocenters. The molecule has 0 aliphatic carbocycles. The standard InChI is InChI=1S/C13H22N2/c1-9-4-5-12(11(3)8-9)13(15)10(2)6-7-14/h4-5,8,10,13H,6-7,14-15H2,1-3H3. The maximum absolute atomic E-state index is 6.22. The van der Waals surface area contributed by atoms with E-state index in [-0.39, 0.29) is 6.04 Å². The van der Waals surface area contributed by atoms with Gasteiger partial charge in [-0.2, -0.15) is 0 Å². The Bertz CT molecular complexity index is 320. The predicted molar refractivity (Wildman–Crippen MR) is 65.7 cm³/mol. The molecule has 0 bridgehead atoms. The molecule has 0 saturated heterocycles. The van der Waals surface area contributed by atoms with E-state index in [4.69, 9.17) is 11.5 Å². The van der Waals surface area contributed by atoms with Crippen LogP contribution >= 0.6 is 0 Å². The number of hydrogen-bond acceptors (Lipinski definition) is 2. The molecule has 1 aromatic carbocycles. The molecular formula is C13H22N2. The minimum Gasteiger partial charge on any atom is -0.330 e. The summed E-state index contributed by atoms with van der Waals surface area (Å²) in [6.07, 6.45) is 0.981. The maximum atomic E-state index is 6.22. The SMILES string of the molecule is Cc1ccc(C(N)C(C)CCN)c(C)c1. The van der Waals surface area contributed by atoms with Crippen LogP contribution in [0.1, 0.15) is 36.1 Å². The van der Waals surface area contributed by atoms with Crippen LogP contribution in [0.5, 0.6) is 0 Å². The van der Waals surface area contributed by atoms with Gasteiger partial charge < -0.3 is 11.5 Å². The molecule has 0 aromatic heterocycles. The van der Waals surface area contributed by atoms with Crippen LogP contribution in [0.3, 0.4) is 0 Å². The summed E-state index contributed by atoms with van der Waals surface area (Å²) in [5.74, 6) is 0.441. The second-order valence-electron chi connectivity index (χ2n) is 4.44. The molecule has 2 atom stereocenters. The van der Waals surface area contributed by atoms with Crippen LogP contribution in [0.15, 0.2) is 18.2 Å². The lowest BCUT2D eigenvalue weighted by atomic mass is 9.89. The van der Waals surface area contributed by atoms with Crippen LogP contribution < -0.4 is 11.5 Å². The fourth-order valence-electron chi connectivity index (χ4n) is 1.95. The number of benzene rings is 1. The van der Waals surface area contributed by atoms with Crippen molar-refractivity contribution in [1.29, 1.82) is 0 Å². The van der Waals surface area contributed by atoms with Crippen LogP contribution in [0.25, 0.3) is 0 Å². The fourth-order valence-corrected chi connectivity index (χ4v) is 1.95. The summed E-state index contributed by atoms with van der Waals surface area (Å²) in [7, 11) is 0. The molecule has 0 amide bonds. The summed E-state index contributed by atoms with van der Waals surface area (Å²) in [4.78, 5) is 0. The molecule has 1 rings (SSSR count). The quantitative estimate of drug-likeness (QED) is 0.794. The molecule has 0 spiro atoms. The highest BCUT2D eigenvalue weighted by Gasteiger charge is 2.15. The van der Waals surface area contributed by atoms with E-state index in [0.29, 0.717) is 12.5 Å². The van der Waals surface area contributed by atoms with Gasteiger partial charge in [0.2, 0.25) is 0 Å². The van der Waals surface area contributed by atoms with E-state index >= 15 is 0 Å². The molecule has 84 valence electrons. The van der Waals surface area contributed by atoms with Gasteiger partial charge in [0.15, 0.2) is 0 Å². The van der Waals surface area contributed by atoms with E-state index in [1.807, 2.05) is 0 Å². The number of nitrogens with two attached hydrogens (primary N) is 2. The minimum absolute atomic E-state index is 0.106. The highest BCUT2D eigenvalue weighted by Crippen LogP contribution is 2.24. The Labute approximate surface area is 92.7 Å². The molecular weight excluding hydrogens is 184 g/mol. The first-order chi connectivity index (χ1) is 7.06. The van der Waals surface area contributed by atoms with Crippen molar-refractivity contribution >= 4 is 0 Å². The lowest BCUT2D eigenvalue weighted by Gasteiger charge is -2.21. The normalized spacial score (nSPS) is 15.0. The van der Waals surface area contributed by atoms with Crippen molar-refractivity contribution in [3.63, 3.8) is 0 Å². The summed E-state index contributed by atoms with van der Waals surface area (Å²) in [6, 6.07) is 6.55. The summed E-state index contributed by atoms with van der Waals surface area (Å²) in [5, 5.41) is 0. The van der Waals surface area contributed by atoms with Gasteiger partial charge in [0.05, 0.1) is 0 Å². The Hall–Kier alpha value is -0.860. The zero-order valence-electron chi connectivity index (χ0n) is 9.96. The Morgan fingerprint density at radius 3 is 2.47 bits per heavy atom. The van der Waals surface area contributed by atoms with Crippen molar-refractivity contribution in [2.24, 2.45) is 17.4 Å². The summed E-state index contributed by atoms with van der Waals surface area (Å²) in [5.41, 5.74) is 15.6. The molecule has 1 aromatic rings. The van der Waals surface area contributed by atoms with E-state index in [9.17, 15) is 0 Å². The van der Waals surface area contributed by atoms with E-state index in [2.05, 4.69) is 39.0 Å². The Morgan fingerprint density at radius 1 is 1.27 bits per heavy atom. The third-order valence-electron chi connectivity index (χ3n) is 3.02. The molecule has 15 heavy (non-hydrogen) atoms. The fraction of sp³-hybridized carbons (Fsp3) is 0.538. The van der Waals surface area contributed by atoms with Gasteiger partial charge in [-0.1, -0.05) is 30.7 Å². The third-order valence-corrected chi connectivity index (χ3v) is 3.02. The first-order valence-corrected chi connectivity index (χ1v) is 5.59. The van der Waals surface area contributed by atoms with Crippen molar-refractivity contribution in [2.45, 2.75) is 33.2 Å². The molecule has 0 aliphatic heterocycles. The van der Waals surface area contributed by atoms with Gasteiger partial charge in [-0.05, 0) is 43.9 Å². The van der Waals surface area contributed by atoms with Crippen molar-refractivity contribution < 1.29 is 0 Å². The first kappa shape index (κ1) is 12.2. The largest absolute Gasteiger partial charge is 0.330 e. The van der Waals surface area contributed by atoms with Gasteiger partial charge >= 0.3 is 0 Å². The molecule has 0 radical (unpaired) electrons. The zero-order chi connectivity index (χ0) is 11.4. The second-order valence-corrected chi connectivity index (χ2v) is 4.44. The van der Waals surface area contributed by atoms with E-state index < -0.39 is 0 Å². The molecule has 0 heterocycles. The van der Waals surface area contributed by atoms with Gasteiger partial charge in [-0.25, -0.2) is 0 Å². The number of hydrogen-bond donors (Lipinski definition) is 2. The molecule has 2 heteroatoms. The number of aryl methyl sites for hydroxylation is 2. The minimum atomic E-state index is 0.106. The van der Waals surface area contributed by atoms with Crippen molar-refractivity contribution in [3.05, 3.63) is 34.9 Å². The maximum Gasteiger partial charge on any atom is 0.0323 e. The summed E-state index contributed by atoms with van der Waals surface area (Å²) >= 11 is 0. The monoisotopic (exact) mass is 206 g/mol. The first-order valence-electron chi connectivity index (χ1n) is 5.59. The molecule has 0 aliphatic rings. The van der Waals surface area contributed by atoms with Crippen molar-refractivity contribution in [1.82, 2.24) is 0 Å².